The van der Waals surface area contributed by atoms with Crippen LogP contribution in [0.3, 0.4) is 0 Å². The lowest BCUT2D eigenvalue weighted by Crippen LogP contribution is -2.32. The number of aryl methyl sites for hydroxylation is 1. The number of likely N-dealkylation sites (tertiary alicyclic amines) is 1. The number of non-ortho nitro benzene ring substituents is 1. The molecule has 0 N–H and O–H groups in total. The SMILES string of the molecule is CC(=O)N1CC[C@@H](CN(C)[C@@H](C)c2cc([N+](=O)[O-])ccc2C)C1. The molecule has 0 spiro atoms. The number of nitro groups is 1. The molecule has 1 amide bonds. The van der Waals surface area contributed by atoms with Crippen LogP contribution in [0.1, 0.15) is 37.4 Å². The first-order valence-corrected chi connectivity index (χ1v) is 8.00. The lowest BCUT2D eigenvalue weighted by molar-refractivity contribution is -0.385. The Labute approximate surface area is 137 Å². The van der Waals surface area contributed by atoms with E-state index in [1.807, 2.05) is 24.9 Å². The summed E-state index contributed by atoms with van der Waals surface area (Å²) in [5.41, 5.74) is 2.18. The van der Waals surface area contributed by atoms with Crippen LogP contribution in [0.25, 0.3) is 0 Å². The molecule has 0 aliphatic carbocycles. The van der Waals surface area contributed by atoms with E-state index in [4.69, 9.17) is 0 Å². The number of nitrogens with zero attached hydrogens (tertiary/aromatic N) is 3. The number of rotatable bonds is 5. The van der Waals surface area contributed by atoms with Gasteiger partial charge in [-0.25, -0.2) is 0 Å². The maximum Gasteiger partial charge on any atom is 0.269 e. The molecule has 0 aromatic heterocycles. The summed E-state index contributed by atoms with van der Waals surface area (Å²) in [7, 11) is 2.04. The van der Waals surface area contributed by atoms with Crippen molar-refractivity contribution in [2.75, 3.05) is 26.7 Å². The van der Waals surface area contributed by atoms with Gasteiger partial charge in [0.15, 0.2) is 0 Å². The van der Waals surface area contributed by atoms with E-state index in [0.29, 0.717) is 5.92 Å². The molecule has 0 saturated carbocycles. The fourth-order valence-corrected chi connectivity index (χ4v) is 3.26. The predicted octanol–water partition coefficient (Wildman–Crippen LogP) is 2.76. The highest BCUT2D eigenvalue weighted by atomic mass is 16.6. The van der Waals surface area contributed by atoms with Crippen molar-refractivity contribution in [1.29, 1.82) is 0 Å². The monoisotopic (exact) mass is 319 g/mol. The summed E-state index contributed by atoms with van der Waals surface area (Å²) < 4.78 is 0. The first-order chi connectivity index (χ1) is 10.8. The van der Waals surface area contributed by atoms with Crippen molar-refractivity contribution in [2.45, 2.75) is 33.2 Å². The van der Waals surface area contributed by atoms with Gasteiger partial charge in [-0.1, -0.05) is 6.07 Å². The number of amides is 1. The van der Waals surface area contributed by atoms with E-state index in [-0.39, 0.29) is 22.6 Å². The molecule has 1 aromatic rings. The number of carbonyl (C=O) groups excluding carboxylic acids is 1. The van der Waals surface area contributed by atoms with Crippen molar-refractivity contribution in [2.24, 2.45) is 5.92 Å². The summed E-state index contributed by atoms with van der Waals surface area (Å²) in [4.78, 5) is 26.2. The molecular formula is C17H25N3O3. The lowest BCUT2D eigenvalue weighted by atomic mass is 9.99. The van der Waals surface area contributed by atoms with Gasteiger partial charge in [0, 0.05) is 44.7 Å². The third-order valence-electron chi connectivity index (χ3n) is 4.86. The Morgan fingerprint density at radius 1 is 1.52 bits per heavy atom. The maximum absolute atomic E-state index is 11.4. The van der Waals surface area contributed by atoms with Gasteiger partial charge in [-0.05, 0) is 44.4 Å². The Morgan fingerprint density at radius 2 is 2.22 bits per heavy atom. The predicted molar refractivity (Wildman–Crippen MR) is 89.2 cm³/mol. The zero-order valence-electron chi connectivity index (χ0n) is 14.3. The minimum absolute atomic E-state index is 0.0984. The van der Waals surface area contributed by atoms with Gasteiger partial charge < -0.3 is 4.90 Å². The normalized spacial score (nSPS) is 19.2. The van der Waals surface area contributed by atoms with Crippen LogP contribution in [0, 0.1) is 23.0 Å². The fourth-order valence-electron chi connectivity index (χ4n) is 3.26. The number of carbonyl (C=O) groups is 1. The summed E-state index contributed by atoms with van der Waals surface area (Å²) in [6.07, 6.45) is 1.02. The van der Waals surface area contributed by atoms with Crippen molar-refractivity contribution in [1.82, 2.24) is 9.80 Å². The molecule has 1 aromatic carbocycles. The topological polar surface area (TPSA) is 66.7 Å². The van der Waals surface area contributed by atoms with Crippen molar-refractivity contribution in [3.05, 3.63) is 39.4 Å². The van der Waals surface area contributed by atoms with Gasteiger partial charge in [0.25, 0.3) is 5.69 Å². The fraction of sp³-hybridized carbons (Fsp3) is 0.588. The van der Waals surface area contributed by atoms with E-state index in [1.165, 1.54) is 0 Å². The van der Waals surface area contributed by atoms with Gasteiger partial charge in [-0.3, -0.25) is 19.8 Å². The lowest BCUT2D eigenvalue weighted by Gasteiger charge is -2.28. The number of benzene rings is 1. The van der Waals surface area contributed by atoms with Crippen LogP contribution in [0.2, 0.25) is 0 Å². The second-order valence-electron chi connectivity index (χ2n) is 6.53. The number of hydrogen-bond donors (Lipinski definition) is 0. The van der Waals surface area contributed by atoms with E-state index in [0.717, 1.165) is 37.2 Å². The molecule has 2 rings (SSSR count). The van der Waals surface area contributed by atoms with Crippen molar-refractivity contribution >= 4 is 11.6 Å². The average molecular weight is 319 g/mol. The minimum atomic E-state index is -0.350. The first-order valence-electron chi connectivity index (χ1n) is 8.00. The zero-order chi connectivity index (χ0) is 17.1. The van der Waals surface area contributed by atoms with Crippen molar-refractivity contribution in [3.63, 3.8) is 0 Å². The van der Waals surface area contributed by atoms with Gasteiger partial charge >= 0.3 is 0 Å². The molecule has 0 radical (unpaired) electrons. The molecule has 0 bridgehead atoms. The minimum Gasteiger partial charge on any atom is -0.343 e. The van der Waals surface area contributed by atoms with Gasteiger partial charge in [0.1, 0.15) is 0 Å². The van der Waals surface area contributed by atoms with E-state index >= 15 is 0 Å². The highest BCUT2D eigenvalue weighted by Crippen LogP contribution is 2.28. The summed E-state index contributed by atoms with van der Waals surface area (Å²) in [5, 5.41) is 11.0. The smallest absolute Gasteiger partial charge is 0.269 e. The van der Waals surface area contributed by atoms with Crippen LogP contribution < -0.4 is 0 Å². The molecule has 0 unspecified atom stereocenters. The standard InChI is InChI=1S/C17H25N3O3/c1-12-5-6-16(20(22)23)9-17(12)13(2)18(4)10-15-7-8-19(11-15)14(3)21/h5-6,9,13,15H,7-8,10-11H2,1-4H3/t13-,15-/m0/s1. The third kappa shape index (κ3) is 4.07. The van der Waals surface area contributed by atoms with Gasteiger partial charge in [0.05, 0.1) is 4.92 Å². The van der Waals surface area contributed by atoms with Crippen LogP contribution in [-0.2, 0) is 4.79 Å². The maximum atomic E-state index is 11.4. The molecule has 1 heterocycles. The van der Waals surface area contributed by atoms with E-state index < -0.39 is 0 Å². The number of nitro benzene ring substituents is 1. The summed E-state index contributed by atoms with van der Waals surface area (Å²) in [5.74, 6) is 0.600. The van der Waals surface area contributed by atoms with E-state index in [1.54, 1.807) is 19.1 Å². The third-order valence-corrected chi connectivity index (χ3v) is 4.86. The summed E-state index contributed by atoms with van der Waals surface area (Å²) in [6.45, 7) is 8.19. The van der Waals surface area contributed by atoms with E-state index in [9.17, 15) is 14.9 Å². The Hall–Kier alpha value is -1.95. The van der Waals surface area contributed by atoms with Crippen molar-refractivity contribution in [3.8, 4) is 0 Å². The molecule has 6 heteroatoms. The van der Waals surface area contributed by atoms with Gasteiger partial charge in [0.2, 0.25) is 5.91 Å². The van der Waals surface area contributed by atoms with E-state index in [2.05, 4.69) is 11.8 Å². The Kier molecular flexibility index (Phi) is 5.36. The summed E-state index contributed by atoms with van der Waals surface area (Å²) in [6, 6.07) is 5.13. The molecule has 1 fully saturated rings. The molecule has 2 atom stereocenters. The second-order valence-corrected chi connectivity index (χ2v) is 6.53. The van der Waals surface area contributed by atoms with Gasteiger partial charge in [-0.15, -0.1) is 0 Å². The zero-order valence-corrected chi connectivity index (χ0v) is 14.3. The average Bonchev–Trinajstić information content (AvgIpc) is 2.95. The molecule has 6 nitrogen and oxygen atoms in total. The highest BCUT2D eigenvalue weighted by Gasteiger charge is 2.27. The largest absolute Gasteiger partial charge is 0.343 e. The van der Waals surface area contributed by atoms with Gasteiger partial charge in [-0.2, -0.15) is 0 Å². The Bertz CT molecular complexity index is 603. The molecule has 23 heavy (non-hydrogen) atoms. The summed E-state index contributed by atoms with van der Waals surface area (Å²) >= 11 is 0. The number of hydrogen-bond acceptors (Lipinski definition) is 4. The van der Waals surface area contributed by atoms with Crippen LogP contribution >= 0.6 is 0 Å². The molecule has 1 saturated heterocycles. The molecule has 1 aliphatic rings. The molecule has 1 aliphatic heterocycles. The first kappa shape index (κ1) is 17.4. The van der Waals surface area contributed by atoms with Crippen LogP contribution in [-0.4, -0.2) is 47.3 Å². The van der Waals surface area contributed by atoms with Crippen LogP contribution in [0.5, 0.6) is 0 Å². The Balaban J connectivity index is 2.05. The molecule has 126 valence electrons. The molecular weight excluding hydrogens is 294 g/mol. The quantitative estimate of drug-likeness (QED) is 0.618. The Morgan fingerprint density at radius 3 is 2.78 bits per heavy atom. The van der Waals surface area contributed by atoms with Crippen molar-refractivity contribution < 1.29 is 9.72 Å². The van der Waals surface area contributed by atoms with Crippen LogP contribution in [0.4, 0.5) is 5.69 Å². The second kappa shape index (κ2) is 7.08. The highest BCUT2D eigenvalue weighted by molar-refractivity contribution is 5.73. The van der Waals surface area contributed by atoms with Crippen LogP contribution in [0.15, 0.2) is 18.2 Å².